The van der Waals surface area contributed by atoms with E-state index < -0.39 is 10.0 Å². The van der Waals surface area contributed by atoms with Crippen molar-refractivity contribution in [2.75, 3.05) is 37.4 Å². The number of ether oxygens (including phenoxy) is 2. The fourth-order valence-corrected chi connectivity index (χ4v) is 4.30. The van der Waals surface area contributed by atoms with Gasteiger partial charge in [-0.3, -0.25) is 9.10 Å². The minimum Gasteiger partial charge on any atom is -0.497 e. The molecule has 170 valence electrons. The van der Waals surface area contributed by atoms with Gasteiger partial charge in [0.1, 0.15) is 18.1 Å². The van der Waals surface area contributed by atoms with Crippen LogP contribution in [0.15, 0.2) is 66.7 Å². The molecule has 0 atom stereocenters. The zero-order valence-electron chi connectivity index (χ0n) is 18.3. The van der Waals surface area contributed by atoms with Gasteiger partial charge in [-0.05, 0) is 41.5 Å². The molecule has 32 heavy (non-hydrogen) atoms. The summed E-state index contributed by atoms with van der Waals surface area (Å²) >= 11 is 0. The van der Waals surface area contributed by atoms with Crippen LogP contribution in [0.25, 0.3) is 10.8 Å². The molecule has 0 aliphatic carbocycles. The molecule has 0 saturated carbocycles. The maximum absolute atomic E-state index is 12.2. The van der Waals surface area contributed by atoms with Crippen molar-refractivity contribution in [2.24, 2.45) is 0 Å². The van der Waals surface area contributed by atoms with Crippen LogP contribution >= 0.6 is 0 Å². The third kappa shape index (κ3) is 6.62. The Balaban J connectivity index is 1.43. The molecule has 0 aliphatic heterocycles. The molecular weight excluding hydrogens is 428 g/mol. The molecule has 0 unspecified atom stereocenters. The number of amides is 1. The second-order valence-electron chi connectivity index (χ2n) is 7.35. The molecule has 0 aromatic heterocycles. The largest absolute Gasteiger partial charge is 0.497 e. The molecule has 3 aromatic carbocycles. The molecule has 1 N–H and O–H groups in total. The number of carbonyl (C=O) groups is 1. The van der Waals surface area contributed by atoms with Gasteiger partial charge >= 0.3 is 0 Å². The first kappa shape index (κ1) is 23.4. The molecule has 7 nitrogen and oxygen atoms in total. The van der Waals surface area contributed by atoms with E-state index >= 15 is 0 Å². The topological polar surface area (TPSA) is 84.9 Å². The van der Waals surface area contributed by atoms with Crippen LogP contribution in [0, 0.1) is 0 Å². The van der Waals surface area contributed by atoms with Gasteiger partial charge in [-0.15, -0.1) is 0 Å². The van der Waals surface area contributed by atoms with Crippen molar-refractivity contribution in [3.05, 3.63) is 66.7 Å². The highest BCUT2D eigenvalue weighted by Gasteiger charge is 2.18. The van der Waals surface area contributed by atoms with Gasteiger partial charge in [0.15, 0.2) is 0 Å². The highest BCUT2D eigenvalue weighted by atomic mass is 32.2. The lowest BCUT2D eigenvalue weighted by Gasteiger charge is -2.22. The summed E-state index contributed by atoms with van der Waals surface area (Å²) in [7, 11) is -1.96. The molecular formula is C24H28N2O5S. The molecule has 0 radical (unpaired) electrons. The second kappa shape index (κ2) is 10.9. The summed E-state index contributed by atoms with van der Waals surface area (Å²) in [6, 6.07) is 20.7. The summed E-state index contributed by atoms with van der Waals surface area (Å²) in [6.07, 6.45) is 1.75. The molecule has 3 rings (SSSR count). The third-order valence-corrected chi connectivity index (χ3v) is 6.11. The number of benzene rings is 3. The number of nitrogens with one attached hydrogen (secondary N) is 1. The fourth-order valence-electron chi connectivity index (χ4n) is 3.34. The van der Waals surface area contributed by atoms with E-state index in [1.165, 1.54) is 11.4 Å². The first-order valence-corrected chi connectivity index (χ1v) is 12.2. The molecule has 0 heterocycles. The summed E-state index contributed by atoms with van der Waals surface area (Å²) in [5.41, 5.74) is 0.510. The Hall–Kier alpha value is -3.26. The zero-order chi connectivity index (χ0) is 23.0. The Morgan fingerprint density at radius 1 is 0.969 bits per heavy atom. The Morgan fingerprint density at radius 2 is 1.75 bits per heavy atom. The van der Waals surface area contributed by atoms with E-state index in [-0.39, 0.29) is 18.9 Å². The van der Waals surface area contributed by atoms with Gasteiger partial charge in [0, 0.05) is 19.0 Å². The van der Waals surface area contributed by atoms with Crippen LogP contribution < -0.4 is 19.1 Å². The van der Waals surface area contributed by atoms with Gasteiger partial charge in [0.25, 0.3) is 0 Å². The lowest BCUT2D eigenvalue weighted by Crippen LogP contribution is -2.32. The van der Waals surface area contributed by atoms with Crippen molar-refractivity contribution >= 4 is 32.4 Å². The predicted molar refractivity (Wildman–Crippen MR) is 127 cm³/mol. The molecule has 0 spiro atoms. The summed E-state index contributed by atoms with van der Waals surface area (Å²) < 4.78 is 36.6. The minimum atomic E-state index is -3.48. The summed E-state index contributed by atoms with van der Waals surface area (Å²) in [5, 5.41) is 5.05. The van der Waals surface area contributed by atoms with Crippen molar-refractivity contribution < 1.29 is 22.7 Å². The second-order valence-corrected chi connectivity index (χ2v) is 9.25. The molecule has 3 aromatic rings. The molecule has 0 saturated heterocycles. The van der Waals surface area contributed by atoms with Crippen LogP contribution in [-0.2, 0) is 14.8 Å². The summed E-state index contributed by atoms with van der Waals surface area (Å²) in [4.78, 5) is 12.1. The van der Waals surface area contributed by atoms with Gasteiger partial charge in [-0.1, -0.05) is 36.4 Å². The van der Waals surface area contributed by atoms with E-state index in [9.17, 15) is 13.2 Å². The number of nitrogens with zero attached hydrogens (tertiary/aromatic N) is 1. The Bertz CT molecular complexity index is 1160. The van der Waals surface area contributed by atoms with Gasteiger partial charge in [0.2, 0.25) is 15.9 Å². The monoisotopic (exact) mass is 456 g/mol. The molecule has 0 bridgehead atoms. The highest BCUT2D eigenvalue weighted by Crippen LogP contribution is 2.23. The average molecular weight is 457 g/mol. The van der Waals surface area contributed by atoms with E-state index in [1.54, 1.807) is 24.3 Å². The van der Waals surface area contributed by atoms with Crippen molar-refractivity contribution in [3.8, 4) is 11.5 Å². The first-order chi connectivity index (χ1) is 15.4. The van der Waals surface area contributed by atoms with Crippen molar-refractivity contribution in [1.82, 2.24) is 5.32 Å². The number of fused-ring (bicyclic) bond motifs is 1. The van der Waals surface area contributed by atoms with Crippen molar-refractivity contribution in [1.29, 1.82) is 0 Å². The van der Waals surface area contributed by atoms with Gasteiger partial charge in [0.05, 0.1) is 25.6 Å². The number of anilines is 1. The molecule has 8 heteroatoms. The minimum absolute atomic E-state index is 0.147. The van der Waals surface area contributed by atoms with Crippen molar-refractivity contribution in [3.63, 3.8) is 0 Å². The van der Waals surface area contributed by atoms with E-state index in [2.05, 4.69) is 5.32 Å². The SMILES string of the molecule is COc1cccc(N(CCCC(=O)NCCOc2ccc3ccccc3c2)S(C)(=O)=O)c1. The number of carbonyl (C=O) groups excluding carboxylic acids is 1. The zero-order valence-corrected chi connectivity index (χ0v) is 19.1. The fraction of sp³-hybridized carbons (Fsp3) is 0.292. The standard InChI is InChI=1S/C24H28N2O5S/c1-30-22-10-5-9-21(18-22)26(32(2,28)29)15-6-11-24(27)25-14-16-31-23-13-12-19-7-3-4-8-20(19)17-23/h3-5,7-10,12-13,17-18H,6,11,14-16H2,1-2H3,(H,25,27). The normalized spacial score (nSPS) is 11.2. The molecule has 1 amide bonds. The summed E-state index contributed by atoms with van der Waals surface area (Å²) in [6.45, 7) is 0.924. The molecule has 0 fully saturated rings. The Kier molecular flexibility index (Phi) is 7.94. The number of methoxy groups -OCH3 is 1. The van der Waals surface area contributed by atoms with Gasteiger partial charge in [-0.2, -0.15) is 0 Å². The van der Waals surface area contributed by atoms with Crippen LogP contribution in [0.1, 0.15) is 12.8 Å². The lowest BCUT2D eigenvalue weighted by atomic mass is 10.1. The maximum atomic E-state index is 12.2. The van der Waals surface area contributed by atoms with E-state index in [4.69, 9.17) is 9.47 Å². The third-order valence-electron chi connectivity index (χ3n) is 4.92. The quantitative estimate of drug-likeness (QED) is 0.446. The number of hydrogen-bond donors (Lipinski definition) is 1. The maximum Gasteiger partial charge on any atom is 0.232 e. The van der Waals surface area contributed by atoms with Crippen LogP contribution in [0.3, 0.4) is 0 Å². The van der Waals surface area contributed by atoms with Gasteiger partial charge < -0.3 is 14.8 Å². The number of sulfonamides is 1. The van der Waals surface area contributed by atoms with E-state index in [0.717, 1.165) is 22.8 Å². The van der Waals surface area contributed by atoms with Crippen LogP contribution in [0.4, 0.5) is 5.69 Å². The predicted octanol–water partition coefficient (Wildman–Crippen LogP) is 3.59. The molecule has 0 aliphatic rings. The van der Waals surface area contributed by atoms with Crippen molar-refractivity contribution in [2.45, 2.75) is 12.8 Å². The van der Waals surface area contributed by atoms with E-state index in [1.807, 2.05) is 42.5 Å². The smallest absolute Gasteiger partial charge is 0.232 e. The van der Waals surface area contributed by atoms with Crippen LogP contribution in [-0.4, -0.2) is 47.4 Å². The first-order valence-electron chi connectivity index (χ1n) is 10.4. The average Bonchev–Trinajstić information content (AvgIpc) is 2.78. The van der Waals surface area contributed by atoms with Gasteiger partial charge in [-0.25, -0.2) is 8.42 Å². The number of rotatable bonds is 11. The van der Waals surface area contributed by atoms with Crippen LogP contribution in [0.2, 0.25) is 0 Å². The summed E-state index contributed by atoms with van der Waals surface area (Å²) in [5.74, 6) is 1.17. The highest BCUT2D eigenvalue weighted by molar-refractivity contribution is 7.92. The number of hydrogen-bond acceptors (Lipinski definition) is 5. The Morgan fingerprint density at radius 3 is 2.50 bits per heavy atom. The lowest BCUT2D eigenvalue weighted by molar-refractivity contribution is -0.121. The van der Waals surface area contributed by atoms with Crippen LogP contribution in [0.5, 0.6) is 11.5 Å². The Labute approximate surface area is 189 Å². The van der Waals surface area contributed by atoms with E-state index in [0.29, 0.717) is 31.0 Å².